The second-order valence-corrected chi connectivity index (χ2v) is 7.36. The van der Waals surface area contributed by atoms with E-state index in [9.17, 15) is 9.59 Å². The maximum Gasteiger partial charge on any atom is 0.245 e. The number of aliphatic hydroxyl groups is 1. The Morgan fingerprint density at radius 2 is 2.27 bits per heavy atom. The molecule has 0 aromatic carbocycles. The minimum atomic E-state index is -0.523. The summed E-state index contributed by atoms with van der Waals surface area (Å²) in [5.41, 5.74) is 0.453. The lowest BCUT2D eigenvalue weighted by Crippen LogP contribution is -2.58. The van der Waals surface area contributed by atoms with Gasteiger partial charge in [0.15, 0.2) is 0 Å². The number of hydrogen-bond donors (Lipinski definition) is 2. The first-order valence-corrected chi connectivity index (χ1v) is 9.36. The summed E-state index contributed by atoms with van der Waals surface area (Å²) < 4.78 is 0. The molecule has 2 aliphatic heterocycles. The van der Waals surface area contributed by atoms with Gasteiger partial charge in [0.05, 0.1) is 0 Å². The normalized spacial score (nSPS) is 25.5. The van der Waals surface area contributed by atoms with E-state index in [4.69, 9.17) is 5.11 Å². The van der Waals surface area contributed by atoms with E-state index in [2.05, 4.69) is 15.2 Å². The van der Waals surface area contributed by atoms with Crippen molar-refractivity contribution in [3.63, 3.8) is 0 Å². The predicted octanol–water partition coefficient (Wildman–Crippen LogP) is 0.188. The quantitative estimate of drug-likeness (QED) is 0.756. The predicted molar refractivity (Wildman–Crippen MR) is 97.4 cm³/mol. The van der Waals surface area contributed by atoms with E-state index in [0.717, 1.165) is 37.9 Å². The third-order valence-corrected chi connectivity index (χ3v) is 5.58. The standard InChI is InChI=1S/C19H28N4O3/c1-22(11-7-15-6-2-4-9-20-15)18(26)19-8-3-5-10-23(19)13-16(12-19)21-17(25)14-24/h2,4,6,9,16,24H,3,5,7-8,10-14H2,1H3,(H,21,25)/t16-,19-/m0/s1. The second-order valence-electron chi connectivity index (χ2n) is 7.36. The van der Waals surface area contributed by atoms with Crippen molar-refractivity contribution in [1.29, 1.82) is 0 Å². The molecule has 0 bridgehead atoms. The number of aromatic nitrogens is 1. The van der Waals surface area contributed by atoms with Crippen LogP contribution in [0.4, 0.5) is 0 Å². The SMILES string of the molecule is CN(CCc1ccccn1)C(=O)[C@@]12CCCCN1C[C@@H](NC(=O)CO)C2. The fourth-order valence-corrected chi connectivity index (χ4v) is 4.31. The summed E-state index contributed by atoms with van der Waals surface area (Å²) in [6.45, 7) is 1.66. The largest absolute Gasteiger partial charge is 0.387 e. The first-order chi connectivity index (χ1) is 12.5. The minimum Gasteiger partial charge on any atom is -0.387 e. The molecular weight excluding hydrogens is 332 g/mol. The van der Waals surface area contributed by atoms with Crippen LogP contribution in [0.3, 0.4) is 0 Å². The summed E-state index contributed by atoms with van der Waals surface area (Å²) in [6, 6.07) is 5.73. The smallest absolute Gasteiger partial charge is 0.245 e. The van der Waals surface area contributed by atoms with Gasteiger partial charge in [-0.15, -0.1) is 0 Å². The van der Waals surface area contributed by atoms with E-state index >= 15 is 0 Å². The zero-order chi connectivity index (χ0) is 18.6. The van der Waals surface area contributed by atoms with E-state index in [1.807, 2.05) is 30.1 Å². The molecule has 2 N–H and O–H groups in total. The monoisotopic (exact) mass is 360 g/mol. The fraction of sp³-hybridized carbons (Fsp3) is 0.632. The van der Waals surface area contributed by atoms with Crippen molar-refractivity contribution < 1.29 is 14.7 Å². The number of pyridine rings is 1. The number of carbonyl (C=O) groups excluding carboxylic acids is 2. The number of amides is 2. The highest BCUT2D eigenvalue weighted by Crippen LogP contribution is 2.39. The topological polar surface area (TPSA) is 85.8 Å². The molecule has 2 atom stereocenters. The first-order valence-electron chi connectivity index (χ1n) is 9.36. The van der Waals surface area contributed by atoms with Crippen LogP contribution in [0.2, 0.25) is 0 Å². The molecule has 3 rings (SSSR count). The molecule has 2 amide bonds. The summed E-state index contributed by atoms with van der Waals surface area (Å²) in [4.78, 5) is 33.2. The van der Waals surface area contributed by atoms with Crippen molar-refractivity contribution >= 4 is 11.8 Å². The van der Waals surface area contributed by atoms with Gasteiger partial charge in [-0.1, -0.05) is 6.07 Å². The maximum atomic E-state index is 13.3. The molecule has 0 radical (unpaired) electrons. The summed E-state index contributed by atoms with van der Waals surface area (Å²) in [5, 5.41) is 11.8. The number of piperidine rings is 1. The van der Waals surface area contributed by atoms with Crippen LogP contribution in [0.25, 0.3) is 0 Å². The first kappa shape index (κ1) is 18.8. The van der Waals surface area contributed by atoms with Crippen LogP contribution in [0.15, 0.2) is 24.4 Å². The Hall–Kier alpha value is -1.99. The van der Waals surface area contributed by atoms with Crippen LogP contribution >= 0.6 is 0 Å². The van der Waals surface area contributed by atoms with Gasteiger partial charge < -0.3 is 15.3 Å². The number of nitrogens with one attached hydrogen (secondary N) is 1. The average molecular weight is 360 g/mol. The number of aliphatic hydroxyl groups excluding tert-OH is 1. The molecule has 3 heterocycles. The van der Waals surface area contributed by atoms with Gasteiger partial charge in [0.25, 0.3) is 0 Å². The second kappa shape index (κ2) is 8.14. The van der Waals surface area contributed by atoms with Crippen molar-refractivity contribution in [2.24, 2.45) is 0 Å². The molecule has 2 aliphatic rings. The Morgan fingerprint density at radius 3 is 3.00 bits per heavy atom. The zero-order valence-electron chi connectivity index (χ0n) is 15.4. The number of hydrogen-bond acceptors (Lipinski definition) is 5. The molecule has 2 fully saturated rings. The summed E-state index contributed by atoms with van der Waals surface area (Å²) in [6.07, 6.45) is 6.04. The molecule has 7 nitrogen and oxygen atoms in total. The minimum absolute atomic E-state index is 0.0825. The van der Waals surface area contributed by atoms with Crippen LogP contribution < -0.4 is 5.32 Å². The van der Waals surface area contributed by atoms with E-state index < -0.39 is 12.1 Å². The highest BCUT2D eigenvalue weighted by molar-refractivity contribution is 5.87. The van der Waals surface area contributed by atoms with Crippen molar-refractivity contribution in [2.45, 2.75) is 43.7 Å². The van der Waals surface area contributed by atoms with E-state index in [1.54, 1.807) is 6.20 Å². The lowest BCUT2D eigenvalue weighted by atomic mass is 9.84. The van der Waals surface area contributed by atoms with Crippen LogP contribution in [0.1, 0.15) is 31.4 Å². The molecule has 26 heavy (non-hydrogen) atoms. The van der Waals surface area contributed by atoms with Crippen molar-refractivity contribution in [3.8, 4) is 0 Å². The molecule has 142 valence electrons. The third-order valence-electron chi connectivity index (χ3n) is 5.58. The summed E-state index contributed by atoms with van der Waals surface area (Å²) in [7, 11) is 1.85. The lowest BCUT2D eigenvalue weighted by Gasteiger charge is -2.42. The Kier molecular flexibility index (Phi) is 5.88. The Morgan fingerprint density at radius 1 is 1.42 bits per heavy atom. The molecule has 2 saturated heterocycles. The number of nitrogens with zero attached hydrogens (tertiary/aromatic N) is 3. The van der Waals surface area contributed by atoms with Gasteiger partial charge in [-0.05, 0) is 44.4 Å². The number of likely N-dealkylation sites (N-methyl/N-ethyl adjacent to an activating group) is 1. The van der Waals surface area contributed by atoms with Crippen LogP contribution in [-0.2, 0) is 16.0 Å². The molecule has 0 saturated carbocycles. The van der Waals surface area contributed by atoms with Crippen LogP contribution in [0.5, 0.6) is 0 Å². The average Bonchev–Trinajstić information content (AvgIpc) is 3.05. The van der Waals surface area contributed by atoms with E-state index in [0.29, 0.717) is 19.5 Å². The molecule has 0 spiro atoms. The third kappa shape index (κ3) is 3.88. The van der Waals surface area contributed by atoms with E-state index in [1.165, 1.54) is 0 Å². The molecule has 0 aliphatic carbocycles. The van der Waals surface area contributed by atoms with Gasteiger partial charge >= 0.3 is 0 Å². The Bertz CT molecular complexity index is 639. The molecule has 7 heteroatoms. The molecular formula is C19H28N4O3. The van der Waals surface area contributed by atoms with Crippen molar-refractivity contribution in [1.82, 2.24) is 20.1 Å². The highest BCUT2D eigenvalue weighted by Gasteiger charge is 2.53. The van der Waals surface area contributed by atoms with Gasteiger partial charge in [-0.3, -0.25) is 19.5 Å². The highest BCUT2D eigenvalue weighted by atomic mass is 16.3. The van der Waals surface area contributed by atoms with Crippen molar-refractivity contribution in [2.75, 3.05) is 33.3 Å². The van der Waals surface area contributed by atoms with Gasteiger partial charge in [-0.2, -0.15) is 0 Å². The Labute approximate surface area is 154 Å². The van der Waals surface area contributed by atoms with E-state index in [-0.39, 0.29) is 17.9 Å². The number of carbonyl (C=O) groups is 2. The van der Waals surface area contributed by atoms with Crippen molar-refractivity contribution in [3.05, 3.63) is 30.1 Å². The van der Waals surface area contributed by atoms with Gasteiger partial charge in [0.1, 0.15) is 12.1 Å². The number of rotatable bonds is 6. The summed E-state index contributed by atoms with van der Waals surface area (Å²) >= 11 is 0. The summed E-state index contributed by atoms with van der Waals surface area (Å²) in [5.74, 6) is -0.241. The fourth-order valence-electron chi connectivity index (χ4n) is 4.31. The van der Waals surface area contributed by atoms with Gasteiger partial charge in [0.2, 0.25) is 11.8 Å². The Balaban J connectivity index is 1.67. The van der Waals surface area contributed by atoms with Gasteiger partial charge in [0, 0.05) is 44.5 Å². The molecule has 0 unspecified atom stereocenters. The van der Waals surface area contributed by atoms with Gasteiger partial charge in [-0.25, -0.2) is 0 Å². The van der Waals surface area contributed by atoms with Crippen LogP contribution in [-0.4, -0.2) is 76.6 Å². The molecule has 1 aromatic rings. The van der Waals surface area contributed by atoms with Crippen LogP contribution in [0, 0.1) is 0 Å². The number of fused-ring (bicyclic) bond motifs is 1. The zero-order valence-corrected chi connectivity index (χ0v) is 15.4. The lowest BCUT2D eigenvalue weighted by molar-refractivity contribution is -0.143. The maximum absolute atomic E-state index is 13.3. The molecule has 1 aromatic heterocycles.